The highest BCUT2D eigenvalue weighted by molar-refractivity contribution is 5.85. The van der Waals surface area contributed by atoms with Crippen LogP contribution in [0.3, 0.4) is 0 Å². The first-order chi connectivity index (χ1) is 7.22. The minimum Gasteiger partial charge on any atom is -0.497 e. The van der Waals surface area contributed by atoms with Gasteiger partial charge in [0.25, 0.3) is 0 Å². The second-order valence-corrected chi connectivity index (χ2v) is 3.24. The van der Waals surface area contributed by atoms with E-state index < -0.39 is 0 Å². The first-order valence-electron chi connectivity index (χ1n) is 4.81. The van der Waals surface area contributed by atoms with Gasteiger partial charge in [0, 0.05) is 11.6 Å². The van der Waals surface area contributed by atoms with E-state index in [9.17, 15) is 0 Å². The zero-order chi connectivity index (χ0) is 11.3. The van der Waals surface area contributed by atoms with Gasteiger partial charge >= 0.3 is 0 Å². The lowest BCUT2D eigenvalue weighted by Crippen LogP contribution is -2.10. The zero-order valence-corrected chi connectivity index (χ0v) is 10.4. The molecule has 0 aromatic heterocycles. The average molecular weight is 244 g/mol. The third-order valence-electron chi connectivity index (χ3n) is 2.26. The molecule has 0 radical (unpaired) electrons. The maximum absolute atomic E-state index is 6.00. The fraction of sp³-hybridized carbons (Fsp3) is 0.333. The summed E-state index contributed by atoms with van der Waals surface area (Å²) >= 11 is 0. The molecule has 90 valence electrons. The molecule has 0 amide bonds. The molecule has 0 heterocycles. The van der Waals surface area contributed by atoms with Gasteiger partial charge in [-0.3, -0.25) is 0 Å². The lowest BCUT2D eigenvalue weighted by molar-refractivity contribution is 0.395. The van der Waals surface area contributed by atoms with Crippen molar-refractivity contribution in [1.82, 2.24) is 0 Å². The van der Waals surface area contributed by atoms with E-state index in [1.165, 1.54) is 0 Å². The van der Waals surface area contributed by atoms with Gasteiger partial charge < -0.3 is 15.2 Å². The molecule has 1 aromatic rings. The molecule has 1 rings (SSSR count). The summed E-state index contributed by atoms with van der Waals surface area (Å²) in [4.78, 5) is 0. The van der Waals surface area contributed by atoms with Crippen LogP contribution in [0.5, 0.6) is 11.5 Å². The predicted octanol–water partition coefficient (Wildman–Crippen LogP) is 2.70. The second-order valence-electron chi connectivity index (χ2n) is 3.24. The van der Waals surface area contributed by atoms with Crippen LogP contribution in [0.15, 0.2) is 30.9 Å². The van der Waals surface area contributed by atoms with E-state index in [2.05, 4.69) is 6.58 Å². The Hall–Kier alpha value is -1.19. The zero-order valence-electron chi connectivity index (χ0n) is 9.60. The molecule has 0 saturated heterocycles. The first kappa shape index (κ1) is 14.8. The van der Waals surface area contributed by atoms with Crippen molar-refractivity contribution in [3.8, 4) is 11.5 Å². The van der Waals surface area contributed by atoms with Crippen LogP contribution in [0.2, 0.25) is 0 Å². The topological polar surface area (TPSA) is 44.5 Å². The fourth-order valence-corrected chi connectivity index (χ4v) is 1.44. The van der Waals surface area contributed by atoms with Gasteiger partial charge in [-0.05, 0) is 24.6 Å². The summed E-state index contributed by atoms with van der Waals surface area (Å²) < 4.78 is 10.4. The molecule has 0 aliphatic rings. The van der Waals surface area contributed by atoms with Crippen LogP contribution in [-0.4, -0.2) is 14.2 Å². The highest BCUT2D eigenvalue weighted by Crippen LogP contribution is 2.29. The van der Waals surface area contributed by atoms with Crippen LogP contribution in [0.4, 0.5) is 0 Å². The van der Waals surface area contributed by atoms with Gasteiger partial charge in [0.15, 0.2) is 0 Å². The maximum Gasteiger partial charge on any atom is 0.123 e. The van der Waals surface area contributed by atoms with Crippen molar-refractivity contribution in [1.29, 1.82) is 0 Å². The van der Waals surface area contributed by atoms with Gasteiger partial charge in [-0.1, -0.05) is 6.08 Å². The number of nitrogens with two attached hydrogens (primary N) is 1. The monoisotopic (exact) mass is 243 g/mol. The van der Waals surface area contributed by atoms with Crippen molar-refractivity contribution in [2.24, 2.45) is 5.73 Å². The van der Waals surface area contributed by atoms with Crippen LogP contribution in [0.25, 0.3) is 0 Å². The quantitative estimate of drug-likeness (QED) is 0.809. The molecule has 16 heavy (non-hydrogen) atoms. The number of methoxy groups -OCH3 is 2. The summed E-state index contributed by atoms with van der Waals surface area (Å²) in [6.07, 6.45) is 2.51. The Labute approximate surface area is 103 Å². The predicted molar refractivity (Wildman–Crippen MR) is 68.5 cm³/mol. The third kappa shape index (κ3) is 3.43. The molecule has 0 saturated carbocycles. The SMILES string of the molecule is C=CC[C@H](N)c1cc(OC)ccc1OC.Cl. The van der Waals surface area contributed by atoms with Crippen LogP contribution < -0.4 is 15.2 Å². The summed E-state index contributed by atoms with van der Waals surface area (Å²) in [5.74, 6) is 1.57. The lowest BCUT2D eigenvalue weighted by Gasteiger charge is -2.15. The van der Waals surface area contributed by atoms with E-state index in [0.29, 0.717) is 6.42 Å². The summed E-state index contributed by atoms with van der Waals surface area (Å²) in [5, 5.41) is 0. The Kier molecular flexibility index (Phi) is 6.61. The average Bonchev–Trinajstić information content (AvgIpc) is 2.28. The normalized spacial score (nSPS) is 11.2. The van der Waals surface area contributed by atoms with Crippen molar-refractivity contribution >= 4 is 12.4 Å². The Morgan fingerprint density at radius 2 is 2.06 bits per heavy atom. The molecule has 0 unspecified atom stereocenters. The van der Waals surface area contributed by atoms with E-state index in [0.717, 1.165) is 17.1 Å². The van der Waals surface area contributed by atoms with Crippen LogP contribution in [0.1, 0.15) is 18.0 Å². The highest BCUT2D eigenvalue weighted by Gasteiger charge is 2.11. The number of ether oxygens (including phenoxy) is 2. The number of hydrogen-bond acceptors (Lipinski definition) is 3. The van der Waals surface area contributed by atoms with Gasteiger partial charge in [0.05, 0.1) is 14.2 Å². The van der Waals surface area contributed by atoms with Crippen molar-refractivity contribution in [2.45, 2.75) is 12.5 Å². The number of rotatable bonds is 5. The third-order valence-corrected chi connectivity index (χ3v) is 2.26. The van der Waals surface area contributed by atoms with Crippen molar-refractivity contribution in [2.75, 3.05) is 14.2 Å². The van der Waals surface area contributed by atoms with Crippen LogP contribution >= 0.6 is 12.4 Å². The van der Waals surface area contributed by atoms with Gasteiger partial charge in [0.2, 0.25) is 0 Å². The molecule has 0 spiro atoms. The molecule has 1 atom stereocenters. The van der Waals surface area contributed by atoms with Gasteiger partial charge in [-0.2, -0.15) is 0 Å². The molecule has 0 fully saturated rings. The Morgan fingerprint density at radius 3 is 2.56 bits per heavy atom. The molecule has 0 aliphatic heterocycles. The second kappa shape index (κ2) is 7.14. The van der Waals surface area contributed by atoms with Crippen LogP contribution in [-0.2, 0) is 0 Å². The van der Waals surface area contributed by atoms with Crippen molar-refractivity contribution < 1.29 is 9.47 Å². The molecule has 3 nitrogen and oxygen atoms in total. The molecular formula is C12H18ClNO2. The summed E-state index contributed by atoms with van der Waals surface area (Å²) in [6.45, 7) is 3.67. The largest absolute Gasteiger partial charge is 0.497 e. The van der Waals surface area contributed by atoms with E-state index >= 15 is 0 Å². The molecule has 1 aromatic carbocycles. The van der Waals surface area contributed by atoms with Crippen LogP contribution in [0, 0.1) is 0 Å². The van der Waals surface area contributed by atoms with Gasteiger partial charge in [-0.25, -0.2) is 0 Å². The Morgan fingerprint density at radius 1 is 1.38 bits per heavy atom. The lowest BCUT2D eigenvalue weighted by atomic mass is 10.0. The Balaban J connectivity index is 0.00000225. The molecule has 0 bridgehead atoms. The minimum atomic E-state index is -0.104. The Bertz CT molecular complexity index is 342. The molecule has 2 N–H and O–H groups in total. The van der Waals surface area contributed by atoms with E-state index in [1.807, 2.05) is 18.2 Å². The highest BCUT2D eigenvalue weighted by atomic mass is 35.5. The van der Waals surface area contributed by atoms with Crippen molar-refractivity contribution in [3.63, 3.8) is 0 Å². The number of halogens is 1. The molecule has 0 aliphatic carbocycles. The number of hydrogen-bond donors (Lipinski definition) is 1. The smallest absolute Gasteiger partial charge is 0.123 e. The van der Waals surface area contributed by atoms with Crippen molar-refractivity contribution in [3.05, 3.63) is 36.4 Å². The summed E-state index contributed by atoms with van der Waals surface area (Å²) in [6, 6.07) is 5.50. The van der Waals surface area contributed by atoms with E-state index in [4.69, 9.17) is 15.2 Å². The summed E-state index contributed by atoms with van der Waals surface area (Å²) in [5.41, 5.74) is 6.94. The standard InChI is InChI=1S/C12H17NO2.ClH/c1-4-5-11(13)10-8-9(14-2)6-7-12(10)15-3;/h4,6-8,11H,1,5,13H2,2-3H3;1H/t11-;/m0./s1. The van der Waals surface area contributed by atoms with Gasteiger partial charge in [-0.15, -0.1) is 19.0 Å². The first-order valence-corrected chi connectivity index (χ1v) is 4.81. The van der Waals surface area contributed by atoms with Gasteiger partial charge in [0.1, 0.15) is 11.5 Å². The molecule has 4 heteroatoms. The minimum absolute atomic E-state index is 0. The number of benzene rings is 1. The fourth-order valence-electron chi connectivity index (χ4n) is 1.44. The summed E-state index contributed by atoms with van der Waals surface area (Å²) in [7, 11) is 3.26. The van der Waals surface area contributed by atoms with E-state index in [-0.39, 0.29) is 18.4 Å². The molecular weight excluding hydrogens is 226 g/mol. The van der Waals surface area contributed by atoms with E-state index in [1.54, 1.807) is 20.3 Å². The maximum atomic E-state index is 6.00.